The van der Waals surface area contributed by atoms with Gasteiger partial charge >= 0.3 is 5.97 Å². The van der Waals surface area contributed by atoms with Gasteiger partial charge in [0.05, 0.1) is 5.56 Å². The first-order valence-electron chi connectivity index (χ1n) is 8.98. The lowest BCUT2D eigenvalue weighted by atomic mass is 10.0. The lowest BCUT2D eigenvalue weighted by Gasteiger charge is -2.14. The zero-order valence-corrected chi connectivity index (χ0v) is 14.7. The molecule has 3 nitrogen and oxygen atoms in total. The number of carbonyl (C=O) groups is 2. The normalized spacial score (nSPS) is 14.0. The molecule has 3 aromatic carbocycles. The minimum atomic E-state index is -0.819. The molecule has 0 aromatic heterocycles. The molecule has 0 radical (unpaired) electrons. The molecule has 0 unspecified atom stereocenters. The Morgan fingerprint density at radius 2 is 1.69 bits per heavy atom. The average molecular weight is 344 g/mol. The van der Waals surface area contributed by atoms with Crippen LogP contribution in [0.3, 0.4) is 0 Å². The molecule has 3 aromatic rings. The van der Waals surface area contributed by atoms with Gasteiger partial charge < -0.3 is 4.74 Å². The van der Waals surface area contributed by atoms with Crippen LogP contribution in [-0.4, -0.2) is 17.9 Å². The number of aryl methyl sites for hydroxylation is 2. The Balaban J connectivity index is 1.54. The summed E-state index contributed by atoms with van der Waals surface area (Å²) in [5, 5.41) is 1.80. The summed E-state index contributed by atoms with van der Waals surface area (Å²) >= 11 is 0. The number of carbonyl (C=O) groups excluding carboxylic acids is 2. The van der Waals surface area contributed by atoms with E-state index in [0.717, 1.165) is 30.0 Å². The first-order valence-corrected chi connectivity index (χ1v) is 8.98. The van der Waals surface area contributed by atoms with Crippen molar-refractivity contribution in [1.29, 1.82) is 0 Å². The molecular weight excluding hydrogens is 324 g/mol. The maximum Gasteiger partial charge on any atom is 0.339 e. The van der Waals surface area contributed by atoms with Gasteiger partial charge in [-0.05, 0) is 60.2 Å². The van der Waals surface area contributed by atoms with E-state index in [9.17, 15) is 9.59 Å². The van der Waals surface area contributed by atoms with Crippen LogP contribution < -0.4 is 0 Å². The Bertz CT molecular complexity index is 998. The van der Waals surface area contributed by atoms with E-state index in [-0.39, 0.29) is 5.78 Å². The van der Waals surface area contributed by atoms with Gasteiger partial charge in [-0.15, -0.1) is 0 Å². The van der Waals surface area contributed by atoms with Crippen molar-refractivity contribution in [2.45, 2.75) is 32.3 Å². The van der Waals surface area contributed by atoms with Crippen molar-refractivity contribution in [3.8, 4) is 0 Å². The summed E-state index contributed by atoms with van der Waals surface area (Å²) in [5.41, 5.74) is 3.66. The lowest BCUT2D eigenvalue weighted by molar-refractivity contribution is 0.0320. The van der Waals surface area contributed by atoms with E-state index in [4.69, 9.17) is 4.74 Å². The Morgan fingerprint density at radius 3 is 2.58 bits per heavy atom. The van der Waals surface area contributed by atoms with E-state index in [1.54, 1.807) is 13.0 Å². The molecule has 1 aliphatic rings. The summed E-state index contributed by atoms with van der Waals surface area (Å²) in [6.07, 6.45) is 2.41. The summed E-state index contributed by atoms with van der Waals surface area (Å²) in [6, 6.07) is 19.0. The maximum atomic E-state index is 12.7. The number of hydrogen-bond donors (Lipinski definition) is 0. The summed E-state index contributed by atoms with van der Waals surface area (Å²) < 4.78 is 5.49. The molecule has 0 bridgehead atoms. The molecule has 0 saturated heterocycles. The van der Waals surface area contributed by atoms with Gasteiger partial charge in [0, 0.05) is 5.56 Å². The van der Waals surface area contributed by atoms with Gasteiger partial charge in [0.25, 0.3) is 0 Å². The smallest absolute Gasteiger partial charge is 0.339 e. The van der Waals surface area contributed by atoms with Crippen LogP contribution in [0, 0.1) is 0 Å². The highest BCUT2D eigenvalue weighted by molar-refractivity contribution is 6.06. The van der Waals surface area contributed by atoms with Crippen molar-refractivity contribution in [3.05, 3.63) is 82.9 Å². The van der Waals surface area contributed by atoms with Gasteiger partial charge in [-0.2, -0.15) is 0 Å². The molecule has 4 rings (SSSR count). The third-order valence-electron chi connectivity index (χ3n) is 5.05. The monoisotopic (exact) mass is 344 g/mol. The molecule has 1 aliphatic carbocycles. The summed E-state index contributed by atoms with van der Waals surface area (Å²) in [7, 11) is 0. The van der Waals surface area contributed by atoms with Gasteiger partial charge in [0.1, 0.15) is 0 Å². The van der Waals surface area contributed by atoms with E-state index >= 15 is 0 Å². The number of esters is 1. The molecule has 0 fully saturated rings. The second-order valence-electron chi connectivity index (χ2n) is 6.78. The number of ether oxygens (including phenoxy) is 1. The molecule has 0 spiro atoms. The highest BCUT2D eigenvalue weighted by Crippen LogP contribution is 2.24. The van der Waals surface area contributed by atoms with Crippen LogP contribution >= 0.6 is 0 Å². The Morgan fingerprint density at radius 1 is 0.923 bits per heavy atom. The zero-order chi connectivity index (χ0) is 18.1. The topological polar surface area (TPSA) is 43.4 Å². The van der Waals surface area contributed by atoms with Crippen molar-refractivity contribution in [2.24, 2.45) is 0 Å². The number of Topliss-reactive ketones (excluding diaryl/α,β-unsaturated/α-hetero) is 1. The molecule has 1 atom stereocenters. The third kappa shape index (κ3) is 3.01. The maximum absolute atomic E-state index is 12.7. The quantitative estimate of drug-likeness (QED) is 0.506. The Labute approximate surface area is 152 Å². The van der Waals surface area contributed by atoms with Crippen molar-refractivity contribution in [2.75, 3.05) is 0 Å². The molecule has 0 heterocycles. The van der Waals surface area contributed by atoms with Gasteiger partial charge in [-0.3, -0.25) is 4.79 Å². The van der Waals surface area contributed by atoms with Crippen molar-refractivity contribution < 1.29 is 14.3 Å². The molecule has 0 amide bonds. The first-order chi connectivity index (χ1) is 12.6. The second kappa shape index (κ2) is 6.75. The number of ketones is 1. The van der Waals surface area contributed by atoms with E-state index in [1.165, 1.54) is 11.1 Å². The predicted molar refractivity (Wildman–Crippen MR) is 102 cm³/mol. The van der Waals surface area contributed by atoms with Crippen LogP contribution in [0.15, 0.2) is 60.7 Å². The fourth-order valence-electron chi connectivity index (χ4n) is 3.64. The van der Waals surface area contributed by atoms with Crippen molar-refractivity contribution >= 4 is 22.5 Å². The molecule has 0 N–H and O–H groups in total. The largest absolute Gasteiger partial charge is 0.451 e. The SMILES string of the molecule is C[C@H](OC(=O)c1cccc2ccccc12)C(=O)c1ccc2c(c1)CCC2. The summed E-state index contributed by atoms with van der Waals surface area (Å²) in [5.74, 6) is -0.628. The molecule has 3 heteroatoms. The number of fused-ring (bicyclic) bond motifs is 2. The van der Waals surface area contributed by atoms with Gasteiger partial charge in [0.15, 0.2) is 6.10 Å². The van der Waals surface area contributed by atoms with Crippen LogP contribution in [-0.2, 0) is 17.6 Å². The highest BCUT2D eigenvalue weighted by atomic mass is 16.5. The molecule has 26 heavy (non-hydrogen) atoms. The molecule has 0 saturated carbocycles. The minimum absolute atomic E-state index is 0.159. The second-order valence-corrected chi connectivity index (χ2v) is 6.78. The van der Waals surface area contributed by atoms with Crippen LogP contribution in [0.4, 0.5) is 0 Å². The van der Waals surface area contributed by atoms with Crippen molar-refractivity contribution in [3.63, 3.8) is 0 Å². The predicted octanol–water partition coefficient (Wildman–Crippen LogP) is 4.76. The number of benzene rings is 3. The van der Waals surface area contributed by atoms with Crippen LogP contribution in [0.5, 0.6) is 0 Å². The Hall–Kier alpha value is -2.94. The minimum Gasteiger partial charge on any atom is -0.451 e. The van der Waals surface area contributed by atoms with E-state index < -0.39 is 12.1 Å². The van der Waals surface area contributed by atoms with Crippen LogP contribution in [0.1, 0.15) is 45.2 Å². The van der Waals surface area contributed by atoms with E-state index in [0.29, 0.717) is 11.1 Å². The molecular formula is C23H20O3. The van der Waals surface area contributed by atoms with E-state index in [1.807, 2.05) is 54.6 Å². The van der Waals surface area contributed by atoms with Gasteiger partial charge in [-0.1, -0.05) is 48.5 Å². The number of rotatable bonds is 4. The fourth-order valence-corrected chi connectivity index (χ4v) is 3.64. The van der Waals surface area contributed by atoms with Gasteiger partial charge in [0.2, 0.25) is 5.78 Å². The highest BCUT2D eigenvalue weighted by Gasteiger charge is 2.23. The Kier molecular flexibility index (Phi) is 4.29. The first kappa shape index (κ1) is 16.5. The standard InChI is InChI=1S/C23H20O3/c1-15(22(24)19-13-12-16-7-4-9-18(16)14-19)26-23(25)21-11-5-8-17-6-2-3-10-20(17)21/h2-3,5-6,8,10-15H,4,7,9H2,1H3/t15-/m0/s1. The average Bonchev–Trinajstić information content (AvgIpc) is 3.14. The van der Waals surface area contributed by atoms with Crippen LogP contribution in [0.2, 0.25) is 0 Å². The van der Waals surface area contributed by atoms with Crippen molar-refractivity contribution in [1.82, 2.24) is 0 Å². The number of hydrogen-bond acceptors (Lipinski definition) is 3. The fraction of sp³-hybridized carbons (Fsp3) is 0.217. The summed E-state index contributed by atoms with van der Waals surface area (Å²) in [6.45, 7) is 1.64. The van der Waals surface area contributed by atoms with Crippen LogP contribution in [0.25, 0.3) is 10.8 Å². The van der Waals surface area contributed by atoms with E-state index in [2.05, 4.69) is 0 Å². The molecule has 0 aliphatic heterocycles. The van der Waals surface area contributed by atoms with Gasteiger partial charge in [-0.25, -0.2) is 4.79 Å². The lowest BCUT2D eigenvalue weighted by Crippen LogP contribution is -2.24. The third-order valence-corrected chi connectivity index (χ3v) is 5.05. The summed E-state index contributed by atoms with van der Waals surface area (Å²) in [4.78, 5) is 25.3. The molecule has 130 valence electrons. The zero-order valence-electron chi connectivity index (χ0n) is 14.7.